The Morgan fingerprint density at radius 2 is 0.773 bits per heavy atom. The Bertz CT molecular complexity index is 6340. The van der Waals surface area contributed by atoms with Crippen molar-refractivity contribution in [1.29, 1.82) is 0 Å². The molecule has 0 aromatic heterocycles. The van der Waals surface area contributed by atoms with Crippen molar-refractivity contribution >= 4 is 140 Å². The molecule has 0 saturated heterocycles. The van der Waals surface area contributed by atoms with Gasteiger partial charge in [-0.25, -0.2) is 16.8 Å². The first-order valence-electron chi connectivity index (χ1n) is 47.6. The van der Waals surface area contributed by atoms with Crippen molar-refractivity contribution in [3.8, 4) is 0 Å². The van der Waals surface area contributed by atoms with Crippen molar-refractivity contribution in [3.63, 3.8) is 0 Å². The Kier molecular flexibility index (Phi) is 47.8. The second kappa shape index (κ2) is 55.7. The number of anilines is 2. The van der Waals surface area contributed by atoms with Crippen molar-refractivity contribution in [2.45, 2.75) is 292 Å². The van der Waals surface area contributed by atoms with E-state index in [9.17, 15) is 87.4 Å². The van der Waals surface area contributed by atoms with Crippen molar-refractivity contribution in [3.05, 3.63) is 200 Å². The highest BCUT2D eigenvalue weighted by atomic mass is 35.5. The maximum absolute atomic E-state index is 12.2. The number of nitrogens with one attached hydrogen (secondary N) is 1. The van der Waals surface area contributed by atoms with E-state index in [-0.39, 0.29) is 64.2 Å². The summed E-state index contributed by atoms with van der Waals surface area (Å²) in [6.07, 6.45) is 42.1. The molecule has 784 valence electrons. The largest absolute Gasteiger partial charge is 0.748 e. The van der Waals surface area contributed by atoms with Gasteiger partial charge >= 0.3 is 33.2 Å². The van der Waals surface area contributed by atoms with Crippen LogP contribution < -0.4 is 20.9 Å². The quantitative estimate of drug-likeness (QED) is 0.0116. The summed E-state index contributed by atoms with van der Waals surface area (Å²) in [6, 6.07) is 25.3. The van der Waals surface area contributed by atoms with Gasteiger partial charge < -0.3 is 40.2 Å². The van der Waals surface area contributed by atoms with Crippen molar-refractivity contribution in [2.75, 3.05) is 72.1 Å². The van der Waals surface area contributed by atoms with Gasteiger partial charge in [-0.05, 0) is 219 Å². The molecule has 4 aromatic rings. The number of carboxylic acids is 2. The van der Waals surface area contributed by atoms with E-state index in [2.05, 4.69) is 95.6 Å². The van der Waals surface area contributed by atoms with E-state index in [1.807, 2.05) is 81.2 Å². The van der Waals surface area contributed by atoms with Crippen LogP contribution in [0.15, 0.2) is 188 Å². The number of halogens is 1. The Morgan fingerprint density at radius 1 is 0.426 bits per heavy atom. The molecule has 9 N–H and O–H groups in total. The van der Waals surface area contributed by atoms with E-state index in [0.717, 1.165) is 201 Å². The fourth-order valence-corrected chi connectivity index (χ4v) is 22.2. The number of carbonyl (C=O) groups is 2. The summed E-state index contributed by atoms with van der Waals surface area (Å²) in [4.78, 5) is 24.7. The van der Waals surface area contributed by atoms with Gasteiger partial charge in [0.25, 0.3) is 40.5 Å². The van der Waals surface area contributed by atoms with E-state index in [1.54, 1.807) is 12.1 Å². The minimum Gasteiger partial charge on any atom is -0.748 e. The summed E-state index contributed by atoms with van der Waals surface area (Å²) in [5, 5.41) is 21.8. The number of allylic oxidation sites excluding steroid dienone is 15. The monoisotopic (exact) mass is 2140 g/mol. The molecular weight excluding hydrogens is 2000 g/mol. The van der Waals surface area contributed by atoms with E-state index in [4.69, 9.17) is 52.8 Å². The first kappa shape index (κ1) is 121. The molecule has 4 heterocycles. The predicted octanol–water partition coefficient (Wildman–Crippen LogP) is 16.8. The number of hydrogen-bond acceptors (Lipinski definition) is 26. The average Bonchev–Trinajstić information content (AvgIpc) is 1.59. The normalized spacial score (nSPS) is 17.6. The number of nitrogens with zero attached hydrogens (tertiary/aromatic N) is 4. The molecule has 0 bridgehead atoms. The lowest BCUT2D eigenvalue weighted by Gasteiger charge is -2.28. The molecule has 2 aliphatic carbocycles. The number of nitrogens with two attached hydrogens (primary N) is 1. The van der Waals surface area contributed by atoms with Crippen LogP contribution in [-0.4, -0.2) is 208 Å². The van der Waals surface area contributed by atoms with Crippen LogP contribution in [-0.2, 0) is 113 Å². The van der Waals surface area contributed by atoms with Gasteiger partial charge in [0.1, 0.15) is 13.1 Å². The van der Waals surface area contributed by atoms with Crippen molar-refractivity contribution in [1.82, 2.24) is 5.32 Å². The van der Waals surface area contributed by atoms with Crippen molar-refractivity contribution in [2.24, 2.45) is 5.73 Å². The van der Waals surface area contributed by atoms with Gasteiger partial charge in [-0.2, -0.15) is 42.8 Å². The zero-order valence-electron chi connectivity index (χ0n) is 81.6. The third-order valence-corrected chi connectivity index (χ3v) is 31.1. The average molecular weight is 2140 g/mol. The summed E-state index contributed by atoms with van der Waals surface area (Å²) in [5.74, 6) is -2.97. The van der Waals surface area contributed by atoms with E-state index in [1.165, 1.54) is 56.4 Å². The lowest BCUT2D eigenvalue weighted by Crippen LogP contribution is -2.28. The number of carboxylic acid groups (broad SMARTS) is 2. The Labute approximate surface area is 841 Å². The molecule has 0 saturated carbocycles. The Hall–Kier alpha value is -8.57. The number of hydrogen-bond donors (Lipinski definition) is 8. The highest BCUT2D eigenvalue weighted by molar-refractivity contribution is 7.87. The second-order valence-electron chi connectivity index (χ2n) is 37.8. The van der Waals surface area contributed by atoms with Crippen molar-refractivity contribution < 1.29 is 132 Å². The van der Waals surface area contributed by atoms with Crippen LogP contribution in [0.2, 0.25) is 0 Å². The number of benzene rings is 4. The number of unbranched alkanes of at least 4 members (excludes halogenated alkanes) is 18. The fraction of sp³-hybridized carbons (Fsp3) is 0.551. The van der Waals surface area contributed by atoms with Gasteiger partial charge in [-0.1, -0.05) is 177 Å². The first-order chi connectivity index (χ1) is 65.8. The van der Waals surface area contributed by atoms with Gasteiger partial charge in [0, 0.05) is 137 Å². The zero-order chi connectivity index (χ0) is 105. The smallest absolute Gasteiger partial charge is 0.425 e. The SMILES string of the molecule is CC1(C)C(/C=C/C2=C(Cl)C(=C/C=C3/N(CCCCS(=O)(=O)O)c4ccc(S(=O)(=O)O)cc4C3(C)C)/CCC2)=[N+](CCCCS(=O)(=O)[O-])c2ccccc21.CC1(C)C(/C=C/C2=C(NCCCCCCCCCCC(=O)O)C(=C/C=C3/N(CCCCS(=O)(=O)O)c4ccc(S(=O)(=O)O)cc4C3(C)C)/CCC2)=[N+](CCCCS(=O)(=O)[O-])c2ccccc21.NCCCCCCCCCCC(=O)O.O=S(=O)=O.O=S(=O)=O. The van der Waals surface area contributed by atoms with Crippen LogP contribution in [0.5, 0.6) is 0 Å². The van der Waals surface area contributed by atoms with E-state index in [0.29, 0.717) is 80.9 Å². The Balaban J connectivity index is 0.000000360. The number of para-hydroxylation sites is 2. The molecule has 6 aliphatic rings. The van der Waals surface area contributed by atoms with Crippen LogP contribution in [0.3, 0.4) is 0 Å². The van der Waals surface area contributed by atoms with Gasteiger partial charge in [0.05, 0.1) is 52.4 Å². The molecule has 0 amide bonds. The molecule has 0 atom stereocenters. The second-order valence-corrected chi connectivity index (χ2v) is 48.0. The van der Waals surface area contributed by atoms with Gasteiger partial charge in [-0.3, -0.25) is 27.8 Å². The van der Waals surface area contributed by atoms with Gasteiger partial charge in [0.2, 0.25) is 11.4 Å². The van der Waals surface area contributed by atoms with Gasteiger partial charge in [-0.15, -0.1) is 25.3 Å². The summed E-state index contributed by atoms with van der Waals surface area (Å²) in [6.45, 7) is 20.0. The van der Waals surface area contributed by atoms with Crippen LogP contribution in [0.25, 0.3) is 0 Å². The summed E-state index contributed by atoms with van der Waals surface area (Å²) in [7, 11) is -32.0. The molecule has 0 fully saturated rings. The molecule has 4 aliphatic heterocycles. The first-order valence-corrected chi connectivity index (χ1v) is 59.3. The number of fused-ring (bicyclic) bond motifs is 4. The maximum Gasteiger partial charge on any atom is 0.425 e. The van der Waals surface area contributed by atoms with Crippen LogP contribution in [0.1, 0.15) is 283 Å². The van der Waals surface area contributed by atoms with Gasteiger partial charge in [0.15, 0.2) is 11.4 Å². The number of aliphatic carboxylic acids is 2. The highest BCUT2D eigenvalue weighted by Gasteiger charge is 2.47. The van der Waals surface area contributed by atoms with E-state index >= 15 is 0 Å². The number of rotatable bonds is 50. The summed E-state index contributed by atoms with van der Waals surface area (Å²) < 4.78 is 256. The minimum absolute atomic E-state index is 0.213. The summed E-state index contributed by atoms with van der Waals surface area (Å²) >= 11 is 7.11. The standard InChI is InChI=1S/C49H69N3O11S3.C38H47ClN2O9S3.C11H23NO2.2O3S/c1-48(2)40-22-12-13-23-42(40)51(32-15-17-34-64(55,56)57)44(48)29-25-37-20-19-21-38(47(37)50-31-14-10-8-6-5-7-9-11-24-46(53)54)26-30-45-49(3,4)41-36-39(66(61,62)63)27-28-43(41)52(45)33-16-18-35-65(58,59)60;1-37(2)30-14-5-6-15-32(30)40(22-7-9-24-51(42,43)44)34(37)20-16-27-12-11-13-28(36(27)39)17-21-35-38(3,4)31-26-29(53(48,49)50)18-19-33(31)41(35)23-8-10-25-52(45,46)47;12-10-8-6-4-2-1-3-5-7-9-11(13)14;2*1-4(2)3/h12-13,22-23,25-30,36H,5-11,14-21,24,31-35H2,1-4H3,(H4,53,54,55,56,57,58,59,60,61,62,63);5-6,14-21,26H,7-13,22-25H2,1-4H3,(H2-,42,43,44,45,46,47,48,49,50);1-10,12H2,(H,13,14);;/b38-26+,45-30+;;;;. The molecule has 43 heteroatoms. The minimum atomic E-state index is -4.48. The zero-order valence-corrected chi connectivity index (χ0v) is 88.9. The lowest BCUT2D eigenvalue weighted by atomic mass is 9.81. The molecule has 10 rings (SSSR count). The van der Waals surface area contributed by atoms with Crippen LogP contribution in [0.4, 0.5) is 22.7 Å². The maximum atomic E-state index is 12.2. The van der Waals surface area contributed by atoms with Crippen LogP contribution >= 0.6 is 11.6 Å². The lowest BCUT2D eigenvalue weighted by molar-refractivity contribution is -0.438. The summed E-state index contributed by atoms with van der Waals surface area (Å²) in [5.41, 5.74) is 19.6. The van der Waals surface area contributed by atoms with Crippen LogP contribution in [0, 0.1) is 0 Å². The topological polar surface area (TPSA) is 559 Å². The molecular formula is C98H139ClN6O28S8. The molecule has 0 radical (unpaired) electrons. The Morgan fingerprint density at radius 3 is 1.15 bits per heavy atom. The molecule has 4 aromatic carbocycles. The van der Waals surface area contributed by atoms with E-state index < -0.39 is 116 Å². The molecule has 141 heavy (non-hydrogen) atoms. The third-order valence-electron chi connectivity index (χ3n) is 25.8. The predicted molar refractivity (Wildman–Crippen MR) is 544 cm³/mol. The third kappa shape index (κ3) is 39.4. The fourth-order valence-electron chi connectivity index (χ4n) is 18.7. The highest BCUT2D eigenvalue weighted by Crippen LogP contribution is 2.52. The molecule has 34 nitrogen and oxygen atoms in total. The molecule has 0 unspecified atom stereocenters. The molecule has 0 spiro atoms.